The topological polar surface area (TPSA) is 108 Å². The lowest BCUT2D eigenvalue weighted by atomic mass is 10.0. The summed E-state index contributed by atoms with van der Waals surface area (Å²) >= 11 is 10.6. The molecule has 2 N–H and O–H groups in total. The summed E-state index contributed by atoms with van der Waals surface area (Å²) in [7, 11) is 0. The SMILES string of the molecule is CCN(CCOCC[N+](CCOCCN(CC)c1ccc(/C=N/N2CCCC2)cc1)=C1C=C/C(=C/CO)C(NC(=O)c2c(Br)cc(Br)cc2Br)=C1)c1ccc(/C=N/N2CCCC2)cc1. The van der Waals surface area contributed by atoms with Gasteiger partial charge in [-0.1, -0.05) is 40.2 Å². The normalized spacial score (nSPS) is 15.9. The summed E-state index contributed by atoms with van der Waals surface area (Å²) in [6, 6.07) is 20.8. The third-order valence-electron chi connectivity index (χ3n) is 11.4. The molecule has 2 saturated heterocycles. The Kier molecular flexibility index (Phi) is 20.1. The van der Waals surface area contributed by atoms with Crippen LogP contribution >= 0.6 is 47.8 Å². The number of amides is 1. The van der Waals surface area contributed by atoms with Crippen LogP contribution in [0.1, 0.15) is 61.0 Å². The van der Waals surface area contributed by atoms with Crippen LogP contribution in [0.2, 0.25) is 0 Å². The number of likely N-dealkylation sites (N-methyl/N-ethyl adjacent to an activating group) is 2. The second kappa shape index (κ2) is 26.1. The van der Waals surface area contributed by atoms with Gasteiger partial charge in [0.15, 0.2) is 13.1 Å². The van der Waals surface area contributed by atoms with E-state index in [1.54, 1.807) is 6.08 Å². The van der Waals surface area contributed by atoms with Crippen LogP contribution in [-0.4, -0.2) is 142 Å². The number of ether oxygens (including phenoxy) is 2. The van der Waals surface area contributed by atoms with E-state index in [9.17, 15) is 9.90 Å². The van der Waals surface area contributed by atoms with Gasteiger partial charge in [-0.25, -0.2) is 4.58 Å². The maximum atomic E-state index is 13.7. The first-order chi connectivity index (χ1) is 31.2. The highest BCUT2D eigenvalue weighted by atomic mass is 79.9. The predicted molar refractivity (Wildman–Crippen MR) is 271 cm³/mol. The molecule has 1 aliphatic carbocycles. The van der Waals surface area contributed by atoms with E-state index in [-0.39, 0.29) is 12.5 Å². The molecule has 0 bridgehead atoms. The molecular weight excluding hydrogens is 1000 g/mol. The molecule has 12 nitrogen and oxygen atoms in total. The van der Waals surface area contributed by atoms with Crippen LogP contribution in [0.3, 0.4) is 0 Å². The zero-order valence-corrected chi connectivity index (χ0v) is 41.9. The van der Waals surface area contributed by atoms with Gasteiger partial charge in [0.1, 0.15) is 13.2 Å². The second-order valence-corrected chi connectivity index (χ2v) is 18.3. The van der Waals surface area contributed by atoms with Crippen LogP contribution in [0.5, 0.6) is 0 Å². The van der Waals surface area contributed by atoms with E-state index < -0.39 is 0 Å². The maximum absolute atomic E-state index is 13.7. The summed E-state index contributed by atoms with van der Waals surface area (Å²) < 4.78 is 16.9. The highest BCUT2D eigenvalue weighted by Crippen LogP contribution is 2.30. The molecule has 342 valence electrons. The van der Waals surface area contributed by atoms with E-state index in [1.807, 2.05) is 42.8 Å². The minimum absolute atomic E-state index is 0.170. The molecular formula is C49H62Br3N8O4+. The lowest BCUT2D eigenvalue weighted by molar-refractivity contribution is -0.532. The summed E-state index contributed by atoms with van der Waals surface area (Å²) in [5, 5.41) is 26.5. The second-order valence-electron chi connectivity index (χ2n) is 15.7. The Bertz CT molecular complexity index is 2050. The quantitative estimate of drug-likeness (QED) is 0.0554. The number of anilines is 2. The van der Waals surface area contributed by atoms with E-state index in [2.05, 4.69) is 150 Å². The number of rotatable bonds is 23. The summed E-state index contributed by atoms with van der Waals surface area (Å²) in [5.74, 6) is -0.287. The van der Waals surface area contributed by atoms with Gasteiger partial charge < -0.3 is 29.7 Å². The smallest absolute Gasteiger partial charge is 0.257 e. The van der Waals surface area contributed by atoms with Crippen molar-refractivity contribution in [3.63, 3.8) is 0 Å². The summed E-state index contributed by atoms with van der Waals surface area (Å²) in [6.45, 7) is 14.9. The number of carbonyl (C=O) groups excluding carboxylic acids is 1. The maximum Gasteiger partial charge on any atom is 0.257 e. The van der Waals surface area contributed by atoms with Crippen LogP contribution in [0.15, 0.2) is 120 Å². The van der Waals surface area contributed by atoms with Crippen molar-refractivity contribution in [2.45, 2.75) is 39.5 Å². The fourth-order valence-corrected chi connectivity index (χ4v) is 10.4. The molecule has 0 aromatic heterocycles. The van der Waals surface area contributed by atoms with Gasteiger partial charge >= 0.3 is 0 Å². The standard InChI is InChI=1S/C49H61Br3N8O4/c1-3-56(42-14-9-38(10-15-42)36-53-59-20-5-6-21-59)24-29-63-31-26-58(27-32-64-30-25-57(4-2)43-16-11-39(12-17-43)37-54-60-22-7-8-23-60)44-18-13-40(19-28-61)47(35-44)55-49(62)48-45(51)33-41(50)34-46(48)52/h9-19,33-37,61H,3-8,20-32H2,1-2H3/p+1/b40-19-,53-36+,54-37+. The molecule has 0 spiro atoms. The van der Waals surface area contributed by atoms with E-state index >= 15 is 0 Å². The number of aliphatic hydroxyl groups is 1. The van der Waals surface area contributed by atoms with Gasteiger partial charge in [-0.05, 0) is 137 Å². The molecule has 3 aromatic carbocycles. The molecule has 3 aromatic rings. The molecule has 2 fully saturated rings. The number of hydrazone groups is 2. The fourth-order valence-electron chi connectivity index (χ4n) is 7.75. The molecule has 0 unspecified atom stereocenters. The number of nitrogens with zero attached hydrogens (tertiary/aromatic N) is 7. The largest absolute Gasteiger partial charge is 0.392 e. The Hall–Kier alpha value is -4.12. The molecule has 0 saturated carbocycles. The van der Waals surface area contributed by atoms with E-state index in [0.29, 0.717) is 59.7 Å². The average molecular weight is 1070 g/mol. The summed E-state index contributed by atoms with van der Waals surface area (Å²) in [4.78, 5) is 18.3. The highest BCUT2D eigenvalue weighted by molar-refractivity contribution is 9.11. The monoisotopic (exact) mass is 1060 g/mol. The number of carbonyl (C=O) groups is 1. The number of hydrogen-bond donors (Lipinski definition) is 2. The number of aliphatic hydroxyl groups excluding tert-OH is 1. The molecule has 2 heterocycles. The Morgan fingerprint density at radius 3 is 1.69 bits per heavy atom. The summed E-state index contributed by atoms with van der Waals surface area (Å²) in [6.07, 6.45) is 16.3. The minimum Gasteiger partial charge on any atom is -0.392 e. The van der Waals surface area contributed by atoms with E-state index in [1.165, 1.54) is 25.7 Å². The van der Waals surface area contributed by atoms with Crippen molar-refractivity contribution >= 4 is 83.2 Å². The number of nitrogens with one attached hydrogen (secondary N) is 1. The Morgan fingerprint density at radius 1 is 0.750 bits per heavy atom. The molecule has 0 radical (unpaired) electrons. The van der Waals surface area contributed by atoms with Crippen molar-refractivity contribution in [1.82, 2.24) is 15.3 Å². The van der Waals surface area contributed by atoms with Gasteiger partial charge in [-0.3, -0.25) is 14.8 Å². The van der Waals surface area contributed by atoms with Crippen LogP contribution in [0, 0.1) is 0 Å². The molecule has 15 heteroatoms. The minimum atomic E-state index is -0.287. The van der Waals surface area contributed by atoms with Crippen molar-refractivity contribution in [3.8, 4) is 0 Å². The number of allylic oxidation sites excluding steroid dienone is 3. The molecule has 64 heavy (non-hydrogen) atoms. The van der Waals surface area contributed by atoms with E-state index in [4.69, 9.17) is 9.47 Å². The highest BCUT2D eigenvalue weighted by Gasteiger charge is 2.22. The van der Waals surface area contributed by atoms with Crippen molar-refractivity contribution < 1.29 is 24.0 Å². The lowest BCUT2D eigenvalue weighted by Crippen LogP contribution is -2.32. The molecule has 3 aliphatic rings. The van der Waals surface area contributed by atoms with Gasteiger partial charge in [0.25, 0.3) is 5.91 Å². The van der Waals surface area contributed by atoms with Gasteiger partial charge in [-0.2, -0.15) is 10.2 Å². The lowest BCUT2D eigenvalue weighted by Gasteiger charge is -2.23. The van der Waals surface area contributed by atoms with Gasteiger partial charge in [0.2, 0.25) is 5.71 Å². The molecule has 6 rings (SSSR count). The first kappa shape index (κ1) is 49.3. The molecule has 0 atom stereocenters. The Balaban J connectivity index is 1.09. The first-order valence-corrected chi connectivity index (χ1v) is 24.8. The van der Waals surface area contributed by atoms with Crippen molar-refractivity contribution in [2.24, 2.45) is 10.2 Å². The van der Waals surface area contributed by atoms with Gasteiger partial charge in [0, 0.05) is 89.3 Å². The van der Waals surface area contributed by atoms with Crippen molar-refractivity contribution in [2.75, 3.05) is 108 Å². The number of benzene rings is 3. The van der Waals surface area contributed by atoms with E-state index in [0.717, 1.165) is 90.6 Å². The zero-order chi connectivity index (χ0) is 45.1. The van der Waals surface area contributed by atoms with Crippen LogP contribution < -0.4 is 15.1 Å². The van der Waals surface area contributed by atoms with Gasteiger partial charge in [-0.15, -0.1) is 0 Å². The third-order valence-corrected chi connectivity index (χ3v) is 13.1. The number of halogens is 3. The first-order valence-electron chi connectivity index (χ1n) is 22.5. The number of hydrogen-bond acceptors (Lipinski definition) is 10. The zero-order valence-electron chi connectivity index (χ0n) is 37.1. The Labute approximate surface area is 404 Å². The third kappa shape index (κ3) is 15.0. The van der Waals surface area contributed by atoms with Crippen molar-refractivity contribution in [1.29, 1.82) is 0 Å². The Morgan fingerprint density at radius 2 is 1.23 bits per heavy atom. The van der Waals surface area contributed by atoms with Crippen LogP contribution in [0.4, 0.5) is 11.4 Å². The molecule has 1 amide bonds. The molecule has 2 aliphatic heterocycles. The fraction of sp³-hybridized carbons (Fsp3) is 0.429. The van der Waals surface area contributed by atoms with Crippen LogP contribution in [-0.2, 0) is 9.47 Å². The van der Waals surface area contributed by atoms with Crippen LogP contribution in [0.25, 0.3) is 0 Å². The van der Waals surface area contributed by atoms with Crippen molar-refractivity contribution in [3.05, 3.63) is 126 Å². The average Bonchev–Trinajstić information content (AvgIpc) is 4.03. The predicted octanol–water partition coefficient (Wildman–Crippen LogP) is 8.48. The van der Waals surface area contributed by atoms with Gasteiger partial charge in [0.05, 0.1) is 43.5 Å². The summed E-state index contributed by atoms with van der Waals surface area (Å²) in [5.41, 5.74) is 7.17.